The fourth-order valence-electron chi connectivity index (χ4n) is 3.54. The molecule has 156 valence electrons. The van der Waals surface area contributed by atoms with E-state index in [9.17, 15) is 24.5 Å². The van der Waals surface area contributed by atoms with Crippen molar-refractivity contribution in [3.8, 4) is 17.2 Å². The van der Waals surface area contributed by atoms with Crippen LogP contribution in [0, 0.1) is 24.0 Å². The highest BCUT2D eigenvalue weighted by molar-refractivity contribution is 6.23. The van der Waals surface area contributed by atoms with Gasteiger partial charge in [-0.2, -0.15) is 0 Å². The van der Waals surface area contributed by atoms with Crippen molar-refractivity contribution in [3.05, 3.63) is 85.2 Å². The van der Waals surface area contributed by atoms with E-state index in [1.165, 1.54) is 12.1 Å². The van der Waals surface area contributed by atoms with Gasteiger partial charge >= 0.3 is 0 Å². The molecule has 0 spiro atoms. The number of carbonyl (C=O) groups excluding carboxylic acids is 2. The number of nitrogens with zero attached hydrogens (tertiary/aromatic N) is 2. The maximum absolute atomic E-state index is 12.7. The highest BCUT2D eigenvalue weighted by atomic mass is 16.6. The number of amides is 2. The first-order chi connectivity index (χ1) is 14.6. The Kier molecular flexibility index (Phi) is 4.54. The largest absolute Gasteiger partial charge is 0.457 e. The van der Waals surface area contributed by atoms with E-state index in [1.54, 1.807) is 12.1 Å². The lowest BCUT2D eigenvalue weighted by Gasteiger charge is -2.14. The molecule has 2 amide bonds. The number of anilines is 1. The first-order valence-electron chi connectivity index (χ1n) is 9.11. The molecule has 0 radical (unpaired) electrons. The SMILES string of the molecule is Cc1cc(C)cc(Oc2cc(-n3c(N)c4c(cc3=O)C(=O)NC4=O)cc([N+](=O)[O-])c2)c1. The zero-order chi connectivity index (χ0) is 22.4. The number of nitrogens with two attached hydrogens (primary N) is 1. The van der Waals surface area contributed by atoms with Crippen molar-refractivity contribution in [2.75, 3.05) is 5.73 Å². The zero-order valence-corrected chi connectivity index (χ0v) is 16.5. The number of nitrogen functional groups attached to an aromatic ring is 1. The summed E-state index contributed by atoms with van der Waals surface area (Å²) in [4.78, 5) is 47.4. The van der Waals surface area contributed by atoms with Gasteiger partial charge in [-0.1, -0.05) is 6.07 Å². The molecule has 10 heteroatoms. The van der Waals surface area contributed by atoms with Crippen molar-refractivity contribution < 1.29 is 19.2 Å². The molecule has 10 nitrogen and oxygen atoms in total. The molecule has 2 heterocycles. The number of nitro groups is 1. The number of nitrogens with one attached hydrogen (secondary N) is 1. The fraction of sp³-hybridized carbons (Fsp3) is 0.0952. The molecule has 3 N–H and O–H groups in total. The van der Waals surface area contributed by atoms with Crippen molar-refractivity contribution in [1.29, 1.82) is 0 Å². The Hall–Kier alpha value is -4.47. The smallest absolute Gasteiger partial charge is 0.275 e. The monoisotopic (exact) mass is 420 g/mol. The number of hydrogen-bond donors (Lipinski definition) is 2. The first-order valence-corrected chi connectivity index (χ1v) is 9.11. The lowest BCUT2D eigenvalue weighted by Crippen LogP contribution is -2.24. The highest BCUT2D eigenvalue weighted by Gasteiger charge is 2.32. The maximum atomic E-state index is 12.7. The Morgan fingerprint density at radius 2 is 1.58 bits per heavy atom. The van der Waals surface area contributed by atoms with Crippen LogP contribution in [0.5, 0.6) is 11.5 Å². The summed E-state index contributed by atoms with van der Waals surface area (Å²) in [5, 5.41) is 13.5. The van der Waals surface area contributed by atoms with Crippen LogP contribution in [0.25, 0.3) is 5.69 Å². The van der Waals surface area contributed by atoms with Gasteiger partial charge in [0.2, 0.25) is 0 Å². The molecule has 0 unspecified atom stereocenters. The molecule has 2 aromatic carbocycles. The number of hydrogen-bond acceptors (Lipinski definition) is 7. The van der Waals surface area contributed by atoms with Gasteiger partial charge in [0.25, 0.3) is 23.1 Å². The van der Waals surface area contributed by atoms with Crippen LogP contribution < -0.4 is 21.3 Å². The predicted octanol–water partition coefficient (Wildman–Crippen LogP) is 2.62. The van der Waals surface area contributed by atoms with Gasteiger partial charge in [0, 0.05) is 18.2 Å². The van der Waals surface area contributed by atoms with Crippen LogP contribution in [-0.2, 0) is 0 Å². The van der Waals surface area contributed by atoms with Crippen LogP contribution in [0.3, 0.4) is 0 Å². The molecule has 0 fully saturated rings. The molecule has 0 atom stereocenters. The predicted molar refractivity (Wildman–Crippen MR) is 111 cm³/mol. The van der Waals surface area contributed by atoms with E-state index in [1.807, 2.05) is 19.9 Å². The molecule has 0 saturated carbocycles. The van der Waals surface area contributed by atoms with Crippen molar-refractivity contribution in [1.82, 2.24) is 9.88 Å². The molecule has 1 aliphatic rings. The second kappa shape index (κ2) is 7.10. The van der Waals surface area contributed by atoms with E-state index >= 15 is 0 Å². The third kappa shape index (κ3) is 3.50. The second-order valence-corrected chi connectivity index (χ2v) is 7.14. The van der Waals surface area contributed by atoms with E-state index < -0.39 is 22.3 Å². The summed E-state index contributed by atoms with van der Waals surface area (Å²) in [5.74, 6) is -1.22. The molecule has 0 saturated heterocycles. The number of non-ortho nitro benzene ring substituents is 1. The van der Waals surface area contributed by atoms with Gasteiger partial charge in [-0.25, -0.2) is 0 Å². The Labute approximate surface area is 175 Å². The van der Waals surface area contributed by atoms with E-state index in [-0.39, 0.29) is 34.1 Å². The average Bonchev–Trinajstić information content (AvgIpc) is 2.94. The summed E-state index contributed by atoms with van der Waals surface area (Å²) in [5.41, 5.74) is 6.56. The minimum atomic E-state index is -0.747. The van der Waals surface area contributed by atoms with Crippen LogP contribution in [0.15, 0.2) is 47.3 Å². The number of pyridine rings is 1. The molecule has 1 aliphatic heterocycles. The van der Waals surface area contributed by atoms with Crippen molar-refractivity contribution in [2.45, 2.75) is 13.8 Å². The number of nitro benzene ring substituents is 1. The van der Waals surface area contributed by atoms with Gasteiger partial charge in [-0.3, -0.25) is 34.4 Å². The van der Waals surface area contributed by atoms with Crippen molar-refractivity contribution >= 4 is 23.3 Å². The molecule has 0 aliphatic carbocycles. The summed E-state index contributed by atoms with van der Waals surface area (Å²) >= 11 is 0. The lowest BCUT2D eigenvalue weighted by atomic mass is 10.1. The third-order valence-corrected chi connectivity index (χ3v) is 4.73. The molecule has 1 aromatic heterocycles. The summed E-state index contributed by atoms with van der Waals surface area (Å²) in [6.07, 6.45) is 0. The molecule has 31 heavy (non-hydrogen) atoms. The maximum Gasteiger partial charge on any atom is 0.275 e. The van der Waals surface area contributed by atoms with E-state index in [0.29, 0.717) is 5.75 Å². The van der Waals surface area contributed by atoms with Gasteiger partial charge in [-0.05, 0) is 37.1 Å². The number of aromatic nitrogens is 1. The van der Waals surface area contributed by atoms with E-state index in [4.69, 9.17) is 10.5 Å². The summed E-state index contributed by atoms with van der Waals surface area (Å²) in [6, 6.07) is 10.2. The van der Waals surface area contributed by atoms with Gasteiger partial charge in [0.1, 0.15) is 17.3 Å². The quantitative estimate of drug-likeness (QED) is 0.375. The molecule has 4 rings (SSSR count). The van der Waals surface area contributed by atoms with Gasteiger partial charge in [-0.15, -0.1) is 0 Å². The van der Waals surface area contributed by atoms with Crippen LogP contribution in [-0.4, -0.2) is 21.3 Å². The number of rotatable bonds is 4. The van der Waals surface area contributed by atoms with Crippen LogP contribution in [0.4, 0.5) is 11.5 Å². The zero-order valence-electron chi connectivity index (χ0n) is 16.5. The van der Waals surface area contributed by atoms with Crippen LogP contribution in [0.1, 0.15) is 31.8 Å². The van der Waals surface area contributed by atoms with Gasteiger partial charge < -0.3 is 10.5 Å². The molecular weight excluding hydrogens is 404 g/mol. The Morgan fingerprint density at radius 3 is 2.23 bits per heavy atom. The first kappa shape index (κ1) is 19.8. The summed E-state index contributed by atoms with van der Waals surface area (Å²) in [7, 11) is 0. The number of aryl methyl sites for hydroxylation is 2. The summed E-state index contributed by atoms with van der Waals surface area (Å²) in [6.45, 7) is 3.77. The fourth-order valence-corrected chi connectivity index (χ4v) is 3.54. The van der Waals surface area contributed by atoms with Crippen molar-refractivity contribution in [3.63, 3.8) is 0 Å². The number of ether oxygens (including phenoxy) is 1. The Bertz CT molecular complexity index is 1340. The van der Waals surface area contributed by atoms with Gasteiger partial charge in [0.05, 0.1) is 27.8 Å². The second-order valence-electron chi connectivity index (χ2n) is 7.14. The average molecular weight is 420 g/mol. The lowest BCUT2D eigenvalue weighted by molar-refractivity contribution is -0.384. The molecule has 3 aromatic rings. The number of benzene rings is 2. The third-order valence-electron chi connectivity index (χ3n) is 4.73. The minimum absolute atomic E-state index is 0.0195. The normalized spacial score (nSPS) is 12.5. The summed E-state index contributed by atoms with van der Waals surface area (Å²) < 4.78 is 6.74. The van der Waals surface area contributed by atoms with Crippen molar-refractivity contribution in [2.24, 2.45) is 0 Å². The van der Waals surface area contributed by atoms with E-state index in [2.05, 4.69) is 5.32 Å². The minimum Gasteiger partial charge on any atom is -0.457 e. The topological polar surface area (TPSA) is 147 Å². The molecular formula is C21H16N4O6. The number of carbonyl (C=O) groups is 2. The van der Waals surface area contributed by atoms with Crippen LogP contribution in [0.2, 0.25) is 0 Å². The standard InChI is InChI=1S/C21H16N4O6/c1-10-3-11(2)5-14(4-10)31-15-7-12(6-13(8-15)25(29)30)24-17(26)9-16-18(19(24)22)21(28)23-20(16)27/h3-9H,22H2,1-2H3,(H,23,27,28). The Balaban J connectivity index is 1.89. The molecule has 0 bridgehead atoms. The highest BCUT2D eigenvalue weighted by Crippen LogP contribution is 2.31. The van der Waals surface area contributed by atoms with Gasteiger partial charge in [0.15, 0.2) is 0 Å². The number of imide groups is 1. The Morgan fingerprint density at radius 1 is 0.935 bits per heavy atom. The number of fused-ring (bicyclic) bond motifs is 1. The van der Waals surface area contributed by atoms with Crippen LogP contribution >= 0.6 is 0 Å². The van der Waals surface area contributed by atoms with E-state index in [0.717, 1.165) is 27.8 Å².